The van der Waals surface area contributed by atoms with Gasteiger partial charge < -0.3 is 10.4 Å². The van der Waals surface area contributed by atoms with Crippen LogP contribution in [0, 0.1) is 0 Å². The number of carbonyl (C=O) groups excluding carboxylic acids is 1. The Morgan fingerprint density at radius 2 is 2.14 bits per heavy atom. The average Bonchev–Trinajstić information content (AvgIpc) is 2.56. The Labute approximate surface area is 82.1 Å². The number of para-hydroxylation sites is 1. The first-order chi connectivity index (χ1) is 6.77. The summed E-state index contributed by atoms with van der Waals surface area (Å²) >= 11 is 0. The predicted molar refractivity (Wildman–Crippen MR) is 53.7 cm³/mol. The van der Waals surface area contributed by atoms with Crippen LogP contribution in [0.5, 0.6) is 5.75 Å². The average molecular weight is 189 g/mol. The van der Waals surface area contributed by atoms with Gasteiger partial charge in [0.15, 0.2) is 0 Å². The smallest absolute Gasteiger partial charge is 0.247 e. The highest BCUT2D eigenvalue weighted by molar-refractivity contribution is 6.00. The summed E-state index contributed by atoms with van der Waals surface area (Å²) in [6.07, 6.45) is 2.46. The first kappa shape index (κ1) is 8.81. The highest BCUT2D eigenvalue weighted by Gasteiger charge is 2.15. The van der Waals surface area contributed by atoms with Crippen LogP contribution in [-0.2, 0) is 4.79 Å². The van der Waals surface area contributed by atoms with Crippen LogP contribution < -0.4 is 5.32 Å². The van der Waals surface area contributed by atoms with Crippen molar-refractivity contribution in [3.8, 4) is 5.75 Å². The van der Waals surface area contributed by atoms with E-state index >= 15 is 0 Å². The van der Waals surface area contributed by atoms with Crippen LogP contribution in [0.15, 0.2) is 29.8 Å². The zero-order chi connectivity index (χ0) is 9.97. The molecule has 1 aromatic carbocycles. The maximum absolute atomic E-state index is 11.2. The minimum atomic E-state index is -0.0340. The summed E-state index contributed by atoms with van der Waals surface area (Å²) < 4.78 is 0. The normalized spacial score (nSPS) is 18.6. The van der Waals surface area contributed by atoms with Gasteiger partial charge in [-0.1, -0.05) is 18.2 Å². The molecule has 0 bridgehead atoms. The summed E-state index contributed by atoms with van der Waals surface area (Å²) in [6.45, 7) is 0.693. The number of aromatic hydroxyl groups is 1. The molecule has 1 fully saturated rings. The number of phenols is 1. The zero-order valence-corrected chi connectivity index (χ0v) is 7.66. The molecule has 0 saturated carbocycles. The van der Waals surface area contributed by atoms with Gasteiger partial charge in [0.1, 0.15) is 5.75 Å². The van der Waals surface area contributed by atoms with Crippen molar-refractivity contribution < 1.29 is 9.90 Å². The van der Waals surface area contributed by atoms with Crippen LogP contribution >= 0.6 is 0 Å². The fraction of sp³-hybridized carbons (Fsp3) is 0.182. The van der Waals surface area contributed by atoms with Gasteiger partial charge in [-0.3, -0.25) is 4.79 Å². The van der Waals surface area contributed by atoms with E-state index in [9.17, 15) is 9.90 Å². The van der Waals surface area contributed by atoms with Gasteiger partial charge in [0.25, 0.3) is 0 Å². The Morgan fingerprint density at radius 3 is 2.79 bits per heavy atom. The van der Waals surface area contributed by atoms with E-state index < -0.39 is 0 Å². The molecule has 72 valence electrons. The Morgan fingerprint density at radius 1 is 1.36 bits per heavy atom. The fourth-order valence-electron chi connectivity index (χ4n) is 1.47. The number of rotatable bonds is 1. The minimum absolute atomic E-state index is 0.0340. The first-order valence-electron chi connectivity index (χ1n) is 4.54. The molecule has 0 atom stereocenters. The lowest BCUT2D eigenvalue weighted by Crippen LogP contribution is -2.13. The van der Waals surface area contributed by atoms with E-state index in [0.29, 0.717) is 12.1 Å². The molecule has 1 amide bonds. The Bertz CT molecular complexity index is 396. The summed E-state index contributed by atoms with van der Waals surface area (Å²) in [5.74, 6) is 0.174. The molecule has 0 unspecified atom stereocenters. The molecule has 0 aromatic heterocycles. The van der Waals surface area contributed by atoms with Crippen LogP contribution in [0.2, 0.25) is 0 Å². The highest BCUT2D eigenvalue weighted by Crippen LogP contribution is 2.21. The van der Waals surface area contributed by atoms with Gasteiger partial charge in [-0.05, 0) is 18.6 Å². The summed E-state index contributed by atoms with van der Waals surface area (Å²) in [5, 5.41) is 12.2. The summed E-state index contributed by atoms with van der Waals surface area (Å²) in [7, 11) is 0. The van der Waals surface area contributed by atoms with Gasteiger partial charge in [-0.15, -0.1) is 0 Å². The number of carbonyl (C=O) groups is 1. The molecule has 1 heterocycles. The standard InChI is InChI=1S/C11H11NO2/c13-10-4-2-1-3-8(10)7-9-5-6-12-11(9)14/h1-4,7,13H,5-6H2,(H,12,14)/b9-7+. The van der Waals surface area contributed by atoms with Crippen molar-refractivity contribution >= 4 is 12.0 Å². The number of hydrogen-bond acceptors (Lipinski definition) is 2. The Balaban J connectivity index is 2.33. The molecule has 14 heavy (non-hydrogen) atoms. The second kappa shape index (κ2) is 3.54. The van der Waals surface area contributed by atoms with Crippen LogP contribution in [0.1, 0.15) is 12.0 Å². The first-order valence-corrected chi connectivity index (χ1v) is 4.54. The van der Waals surface area contributed by atoms with Crippen LogP contribution in [-0.4, -0.2) is 17.6 Å². The molecule has 1 aliphatic heterocycles. The number of phenolic OH excluding ortho intramolecular Hbond substituents is 1. The molecule has 2 rings (SSSR count). The Hall–Kier alpha value is -1.77. The lowest BCUT2D eigenvalue weighted by Gasteiger charge is -1.98. The molecule has 3 heteroatoms. The number of nitrogens with one attached hydrogen (secondary N) is 1. The van der Waals surface area contributed by atoms with Gasteiger partial charge in [-0.25, -0.2) is 0 Å². The molecule has 1 saturated heterocycles. The molecule has 1 aliphatic rings. The molecular weight excluding hydrogens is 178 g/mol. The van der Waals surface area contributed by atoms with E-state index in [1.165, 1.54) is 0 Å². The minimum Gasteiger partial charge on any atom is -0.507 e. The predicted octanol–water partition coefficient (Wildman–Crippen LogP) is 1.30. The molecule has 0 aliphatic carbocycles. The largest absolute Gasteiger partial charge is 0.507 e. The van der Waals surface area contributed by atoms with E-state index in [2.05, 4.69) is 5.32 Å². The third-order valence-corrected chi connectivity index (χ3v) is 2.24. The van der Waals surface area contributed by atoms with E-state index in [1.54, 1.807) is 24.3 Å². The monoisotopic (exact) mass is 189 g/mol. The SMILES string of the molecule is O=C1NCC/C1=C\c1ccccc1O. The summed E-state index contributed by atoms with van der Waals surface area (Å²) in [5.41, 5.74) is 1.42. The number of hydrogen-bond donors (Lipinski definition) is 2. The van der Waals surface area contributed by atoms with Crippen molar-refractivity contribution in [2.24, 2.45) is 0 Å². The topological polar surface area (TPSA) is 49.3 Å². The van der Waals surface area contributed by atoms with Gasteiger partial charge in [0, 0.05) is 17.7 Å². The molecule has 1 aromatic rings. The summed E-state index contributed by atoms with van der Waals surface area (Å²) in [6, 6.07) is 6.98. The highest BCUT2D eigenvalue weighted by atomic mass is 16.3. The maximum Gasteiger partial charge on any atom is 0.247 e. The third kappa shape index (κ3) is 1.62. The fourth-order valence-corrected chi connectivity index (χ4v) is 1.47. The molecule has 0 radical (unpaired) electrons. The summed E-state index contributed by atoms with van der Waals surface area (Å²) in [4.78, 5) is 11.2. The molecule has 3 nitrogen and oxygen atoms in total. The quantitative estimate of drug-likeness (QED) is 0.654. The maximum atomic E-state index is 11.2. The number of amides is 1. The van der Waals surface area contributed by atoms with Crippen molar-refractivity contribution in [2.75, 3.05) is 6.54 Å². The van der Waals surface area contributed by atoms with Gasteiger partial charge in [0.05, 0.1) is 0 Å². The van der Waals surface area contributed by atoms with Gasteiger partial charge in [0.2, 0.25) is 5.91 Å². The van der Waals surface area contributed by atoms with E-state index in [0.717, 1.165) is 12.0 Å². The van der Waals surface area contributed by atoms with Crippen LogP contribution in [0.4, 0.5) is 0 Å². The zero-order valence-electron chi connectivity index (χ0n) is 7.66. The molecular formula is C11H11NO2. The van der Waals surface area contributed by atoms with Crippen molar-refractivity contribution in [1.29, 1.82) is 0 Å². The van der Waals surface area contributed by atoms with E-state index in [4.69, 9.17) is 0 Å². The number of benzene rings is 1. The van der Waals surface area contributed by atoms with E-state index in [-0.39, 0.29) is 11.7 Å². The third-order valence-electron chi connectivity index (χ3n) is 2.24. The van der Waals surface area contributed by atoms with Gasteiger partial charge in [-0.2, -0.15) is 0 Å². The van der Waals surface area contributed by atoms with Crippen molar-refractivity contribution in [3.05, 3.63) is 35.4 Å². The molecule has 0 spiro atoms. The van der Waals surface area contributed by atoms with E-state index in [1.807, 2.05) is 6.07 Å². The van der Waals surface area contributed by atoms with Crippen LogP contribution in [0.25, 0.3) is 6.08 Å². The second-order valence-electron chi connectivity index (χ2n) is 3.23. The Kier molecular flexibility index (Phi) is 2.23. The van der Waals surface area contributed by atoms with Crippen LogP contribution in [0.3, 0.4) is 0 Å². The van der Waals surface area contributed by atoms with Crippen molar-refractivity contribution in [1.82, 2.24) is 5.32 Å². The van der Waals surface area contributed by atoms with Gasteiger partial charge >= 0.3 is 0 Å². The lowest BCUT2D eigenvalue weighted by atomic mass is 10.1. The van der Waals surface area contributed by atoms with Crippen molar-refractivity contribution in [3.63, 3.8) is 0 Å². The second-order valence-corrected chi connectivity index (χ2v) is 3.23. The van der Waals surface area contributed by atoms with Crippen molar-refractivity contribution in [2.45, 2.75) is 6.42 Å². The molecule has 2 N–H and O–H groups in total. The lowest BCUT2D eigenvalue weighted by molar-refractivity contribution is -0.116.